The number of carbonyl (C=O) groups excluding carboxylic acids is 2. The molecule has 1 amide bonds. The Hall–Kier alpha value is -1.66. The van der Waals surface area contributed by atoms with E-state index < -0.39 is 12.1 Å². The molecule has 3 N–H and O–H groups in total. The van der Waals surface area contributed by atoms with Crippen LogP contribution in [0.4, 0.5) is 0 Å². The van der Waals surface area contributed by atoms with Crippen molar-refractivity contribution in [3.8, 4) is 0 Å². The quantitative estimate of drug-likeness (QED) is 0.0321. The SMILES string of the molecule is CCCCC/C=C\C/C=C\CCCCCCCC(=O)OCCCCCCCCCCCCCCCCCCCCC(=O)NC(CO)C(O)CCCCCCCCCCCCCCCCCC. The first-order chi connectivity index (χ1) is 32.5. The van der Waals surface area contributed by atoms with Gasteiger partial charge in [0, 0.05) is 12.8 Å². The number of aliphatic hydroxyl groups is 2. The van der Waals surface area contributed by atoms with Crippen LogP contribution in [0.1, 0.15) is 322 Å². The summed E-state index contributed by atoms with van der Waals surface area (Å²) in [7, 11) is 0. The third-order valence-corrected chi connectivity index (χ3v) is 13.8. The molecule has 0 aliphatic rings. The Morgan fingerprint density at radius 3 is 1.18 bits per heavy atom. The van der Waals surface area contributed by atoms with Crippen molar-refractivity contribution in [1.82, 2.24) is 5.32 Å². The summed E-state index contributed by atoms with van der Waals surface area (Å²) >= 11 is 0. The van der Waals surface area contributed by atoms with Crippen LogP contribution in [0.15, 0.2) is 24.3 Å². The molecule has 0 bridgehead atoms. The average molecular weight is 931 g/mol. The first kappa shape index (κ1) is 64.3. The largest absolute Gasteiger partial charge is 0.466 e. The topological polar surface area (TPSA) is 95.9 Å². The van der Waals surface area contributed by atoms with Crippen LogP contribution in [0.3, 0.4) is 0 Å². The summed E-state index contributed by atoms with van der Waals surface area (Å²) in [4.78, 5) is 24.5. The molecule has 0 fully saturated rings. The Bertz CT molecular complexity index is 1030. The number of hydrogen-bond acceptors (Lipinski definition) is 5. The standard InChI is InChI=1S/C60H115NO5/c1-3-5-7-9-11-13-15-17-19-25-28-32-36-40-44-48-52-58(63)57(56-62)61-59(64)53-49-45-41-37-33-29-26-22-20-21-23-27-31-35-39-43-47-51-55-66-60(65)54-50-46-42-38-34-30-24-18-16-14-12-10-8-6-4-2/h12,14,18,24,57-58,62-63H,3-11,13,15-17,19-23,25-56H2,1-2H3,(H,61,64)/b14-12-,24-18-. The lowest BCUT2D eigenvalue weighted by Crippen LogP contribution is -2.45. The molecule has 0 heterocycles. The van der Waals surface area contributed by atoms with Gasteiger partial charge in [0.15, 0.2) is 0 Å². The minimum absolute atomic E-state index is 0.00628. The maximum atomic E-state index is 12.5. The fraction of sp³-hybridized carbons (Fsp3) is 0.900. The highest BCUT2D eigenvalue weighted by atomic mass is 16.5. The van der Waals surface area contributed by atoms with E-state index in [0.29, 0.717) is 25.9 Å². The van der Waals surface area contributed by atoms with Gasteiger partial charge in [-0.1, -0.05) is 276 Å². The van der Waals surface area contributed by atoms with E-state index in [9.17, 15) is 19.8 Å². The minimum Gasteiger partial charge on any atom is -0.466 e. The fourth-order valence-electron chi connectivity index (χ4n) is 9.20. The maximum absolute atomic E-state index is 12.5. The Morgan fingerprint density at radius 1 is 0.424 bits per heavy atom. The molecule has 2 atom stereocenters. The molecule has 0 aliphatic heterocycles. The van der Waals surface area contributed by atoms with Gasteiger partial charge in [-0.15, -0.1) is 0 Å². The van der Waals surface area contributed by atoms with Crippen molar-refractivity contribution in [1.29, 1.82) is 0 Å². The monoisotopic (exact) mass is 930 g/mol. The number of rotatable bonds is 55. The smallest absolute Gasteiger partial charge is 0.305 e. The van der Waals surface area contributed by atoms with Gasteiger partial charge in [0.25, 0.3) is 0 Å². The number of esters is 1. The number of ether oxygens (including phenoxy) is 1. The highest BCUT2D eigenvalue weighted by molar-refractivity contribution is 5.76. The summed E-state index contributed by atoms with van der Waals surface area (Å²) in [6.07, 6.45) is 67.4. The molecule has 0 aromatic carbocycles. The zero-order chi connectivity index (χ0) is 47.9. The molecular weight excluding hydrogens is 815 g/mol. The van der Waals surface area contributed by atoms with Gasteiger partial charge in [-0.2, -0.15) is 0 Å². The van der Waals surface area contributed by atoms with Gasteiger partial charge in [-0.25, -0.2) is 0 Å². The molecule has 0 radical (unpaired) electrons. The van der Waals surface area contributed by atoms with Crippen LogP contribution in [-0.2, 0) is 14.3 Å². The first-order valence-corrected chi connectivity index (χ1v) is 29.6. The van der Waals surface area contributed by atoms with E-state index in [1.54, 1.807) is 0 Å². The lowest BCUT2D eigenvalue weighted by molar-refractivity contribution is -0.143. The predicted molar refractivity (Wildman–Crippen MR) is 287 cm³/mol. The van der Waals surface area contributed by atoms with E-state index in [1.165, 1.54) is 238 Å². The molecule has 6 nitrogen and oxygen atoms in total. The molecular formula is C60H115NO5. The first-order valence-electron chi connectivity index (χ1n) is 29.6. The molecule has 0 rings (SSSR count). The van der Waals surface area contributed by atoms with Gasteiger partial charge in [-0.05, 0) is 57.8 Å². The van der Waals surface area contributed by atoms with Crippen LogP contribution in [0.5, 0.6) is 0 Å². The molecule has 6 heteroatoms. The van der Waals surface area contributed by atoms with Gasteiger partial charge in [0.1, 0.15) is 0 Å². The van der Waals surface area contributed by atoms with Crippen molar-refractivity contribution in [2.75, 3.05) is 13.2 Å². The highest BCUT2D eigenvalue weighted by Crippen LogP contribution is 2.17. The van der Waals surface area contributed by atoms with Gasteiger partial charge >= 0.3 is 5.97 Å². The van der Waals surface area contributed by atoms with Crippen LogP contribution < -0.4 is 5.32 Å². The van der Waals surface area contributed by atoms with Gasteiger partial charge in [-0.3, -0.25) is 9.59 Å². The average Bonchev–Trinajstić information content (AvgIpc) is 3.32. The summed E-state index contributed by atoms with van der Waals surface area (Å²) in [5.74, 6) is -0.0437. The minimum atomic E-state index is -0.667. The Balaban J connectivity index is 3.41. The van der Waals surface area contributed by atoms with Crippen molar-refractivity contribution >= 4 is 11.9 Å². The number of carbonyl (C=O) groups is 2. The van der Waals surface area contributed by atoms with E-state index in [-0.39, 0.29) is 18.5 Å². The van der Waals surface area contributed by atoms with Crippen LogP contribution >= 0.6 is 0 Å². The lowest BCUT2D eigenvalue weighted by atomic mass is 10.0. The lowest BCUT2D eigenvalue weighted by Gasteiger charge is -2.22. The maximum Gasteiger partial charge on any atom is 0.305 e. The summed E-state index contributed by atoms with van der Waals surface area (Å²) in [6.45, 7) is 4.93. The number of amides is 1. The Kier molecular flexibility index (Phi) is 54.5. The van der Waals surface area contributed by atoms with E-state index >= 15 is 0 Å². The molecule has 0 aromatic heterocycles. The molecule has 390 valence electrons. The van der Waals surface area contributed by atoms with Crippen molar-refractivity contribution < 1.29 is 24.5 Å². The van der Waals surface area contributed by atoms with E-state index in [4.69, 9.17) is 4.74 Å². The Morgan fingerprint density at radius 2 is 0.758 bits per heavy atom. The second kappa shape index (κ2) is 55.9. The zero-order valence-corrected chi connectivity index (χ0v) is 44.4. The fourth-order valence-corrected chi connectivity index (χ4v) is 9.20. The van der Waals surface area contributed by atoms with Crippen LogP contribution in [-0.4, -0.2) is 47.4 Å². The molecule has 2 unspecified atom stereocenters. The van der Waals surface area contributed by atoms with Crippen molar-refractivity contribution in [3.05, 3.63) is 24.3 Å². The summed E-state index contributed by atoms with van der Waals surface area (Å²) in [5.41, 5.74) is 0. The van der Waals surface area contributed by atoms with E-state index in [1.807, 2.05) is 0 Å². The highest BCUT2D eigenvalue weighted by Gasteiger charge is 2.20. The van der Waals surface area contributed by atoms with Crippen LogP contribution in [0.25, 0.3) is 0 Å². The van der Waals surface area contributed by atoms with Gasteiger partial charge in [0.05, 0.1) is 25.4 Å². The van der Waals surface area contributed by atoms with Crippen LogP contribution in [0, 0.1) is 0 Å². The molecule has 0 spiro atoms. The van der Waals surface area contributed by atoms with Gasteiger partial charge < -0.3 is 20.3 Å². The number of hydrogen-bond donors (Lipinski definition) is 3. The molecule has 0 aliphatic carbocycles. The summed E-state index contributed by atoms with van der Waals surface area (Å²) in [6, 6.07) is -0.545. The predicted octanol–water partition coefficient (Wildman–Crippen LogP) is 18.2. The molecule has 66 heavy (non-hydrogen) atoms. The third kappa shape index (κ3) is 51.7. The zero-order valence-electron chi connectivity index (χ0n) is 44.4. The van der Waals surface area contributed by atoms with E-state index in [2.05, 4.69) is 43.5 Å². The van der Waals surface area contributed by atoms with Gasteiger partial charge in [0.2, 0.25) is 5.91 Å². The summed E-state index contributed by atoms with van der Waals surface area (Å²) < 4.78 is 5.47. The molecule has 0 aromatic rings. The second-order valence-corrected chi connectivity index (χ2v) is 20.3. The number of unbranched alkanes of at least 4 members (excludes halogenated alkanes) is 40. The number of nitrogens with one attached hydrogen (secondary N) is 1. The Labute approximate surface area is 411 Å². The number of allylic oxidation sites excluding steroid dienone is 4. The second-order valence-electron chi connectivity index (χ2n) is 20.3. The number of aliphatic hydroxyl groups excluding tert-OH is 2. The van der Waals surface area contributed by atoms with Crippen molar-refractivity contribution in [2.45, 2.75) is 334 Å². The third-order valence-electron chi connectivity index (χ3n) is 13.8. The van der Waals surface area contributed by atoms with Crippen molar-refractivity contribution in [3.63, 3.8) is 0 Å². The molecule has 0 saturated carbocycles. The summed E-state index contributed by atoms with van der Waals surface area (Å²) in [5, 5.41) is 23.3. The van der Waals surface area contributed by atoms with E-state index in [0.717, 1.165) is 51.4 Å². The molecule has 0 saturated heterocycles. The van der Waals surface area contributed by atoms with Crippen molar-refractivity contribution in [2.24, 2.45) is 0 Å². The van der Waals surface area contributed by atoms with Crippen LogP contribution in [0.2, 0.25) is 0 Å². The normalized spacial score (nSPS) is 12.7.